The van der Waals surface area contributed by atoms with E-state index in [1.165, 1.54) is 5.56 Å². The summed E-state index contributed by atoms with van der Waals surface area (Å²) >= 11 is 0. The van der Waals surface area contributed by atoms with E-state index in [0.29, 0.717) is 6.61 Å². The van der Waals surface area contributed by atoms with Crippen LogP contribution < -0.4 is 4.74 Å². The topological polar surface area (TPSA) is 50.4 Å². The molecule has 0 radical (unpaired) electrons. The minimum absolute atomic E-state index is 0.240. The summed E-state index contributed by atoms with van der Waals surface area (Å²) in [6.45, 7) is 5.31. The van der Waals surface area contributed by atoms with Crippen molar-refractivity contribution in [3.05, 3.63) is 48.0 Å². The predicted molar refractivity (Wildman–Crippen MR) is 84.9 cm³/mol. The van der Waals surface area contributed by atoms with E-state index < -0.39 is 0 Å². The Morgan fingerprint density at radius 2 is 2.32 bits per heavy atom. The summed E-state index contributed by atoms with van der Waals surface area (Å²) in [6, 6.07) is 8.13. The van der Waals surface area contributed by atoms with Crippen LogP contribution in [0.4, 0.5) is 0 Å². The molecule has 0 amide bonds. The molecule has 3 rings (SSSR count). The van der Waals surface area contributed by atoms with Crippen LogP contribution in [0.5, 0.6) is 5.75 Å². The number of ether oxygens (including phenoxy) is 2. The first-order valence-electron chi connectivity index (χ1n) is 7.64. The Morgan fingerprint density at radius 3 is 3.05 bits per heavy atom. The molecule has 5 nitrogen and oxygen atoms in total. The van der Waals surface area contributed by atoms with E-state index in [2.05, 4.69) is 33.9 Å². The number of aromatic nitrogens is 2. The SMILES string of the molecule is CO[C@@]1(COc2cccc(C)c2)CCN(Cc2ncc[nH]2)C1. The molecule has 118 valence electrons. The summed E-state index contributed by atoms with van der Waals surface area (Å²) in [5.74, 6) is 1.90. The van der Waals surface area contributed by atoms with Crippen molar-refractivity contribution in [2.75, 3.05) is 26.8 Å². The Morgan fingerprint density at radius 1 is 1.41 bits per heavy atom. The van der Waals surface area contributed by atoms with Gasteiger partial charge in [-0.05, 0) is 31.0 Å². The quantitative estimate of drug-likeness (QED) is 0.890. The van der Waals surface area contributed by atoms with Crippen LogP contribution in [0.15, 0.2) is 36.7 Å². The van der Waals surface area contributed by atoms with Gasteiger partial charge in [0.05, 0.1) is 6.54 Å². The van der Waals surface area contributed by atoms with Crippen molar-refractivity contribution >= 4 is 0 Å². The van der Waals surface area contributed by atoms with Crippen molar-refractivity contribution < 1.29 is 9.47 Å². The van der Waals surface area contributed by atoms with Gasteiger partial charge in [-0.3, -0.25) is 4.90 Å². The molecule has 0 spiro atoms. The number of nitrogens with zero attached hydrogens (tertiary/aromatic N) is 2. The van der Waals surface area contributed by atoms with E-state index >= 15 is 0 Å². The van der Waals surface area contributed by atoms with E-state index in [4.69, 9.17) is 9.47 Å². The van der Waals surface area contributed by atoms with Gasteiger partial charge in [-0.1, -0.05) is 12.1 Å². The minimum Gasteiger partial charge on any atom is -0.491 e. The zero-order chi connectivity index (χ0) is 15.4. The zero-order valence-corrected chi connectivity index (χ0v) is 13.2. The van der Waals surface area contributed by atoms with Crippen molar-refractivity contribution in [3.63, 3.8) is 0 Å². The first-order valence-corrected chi connectivity index (χ1v) is 7.64. The zero-order valence-electron chi connectivity index (χ0n) is 13.2. The standard InChI is InChI=1S/C17H23N3O2/c1-14-4-3-5-15(10-14)22-13-17(21-2)6-9-20(12-17)11-16-18-7-8-19-16/h3-5,7-8,10H,6,9,11-13H2,1-2H3,(H,18,19)/t17-/m0/s1. The van der Waals surface area contributed by atoms with Gasteiger partial charge in [0, 0.05) is 32.6 Å². The maximum atomic E-state index is 5.97. The molecule has 1 aromatic carbocycles. The molecule has 0 bridgehead atoms. The number of methoxy groups -OCH3 is 1. The lowest BCUT2D eigenvalue weighted by Crippen LogP contribution is -2.41. The van der Waals surface area contributed by atoms with Gasteiger partial charge in [0.1, 0.15) is 23.8 Å². The molecule has 1 fully saturated rings. The molecule has 22 heavy (non-hydrogen) atoms. The fourth-order valence-corrected chi connectivity index (χ4v) is 2.92. The van der Waals surface area contributed by atoms with Gasteiger partial charge in [0.15, 0.2) is 0 Å². The predicted octanol–water partition coefficient (Wildman–Crippen LogP) is 2.39. The van der Waals surface area contributed by atoms with Gasteiger partial charge in [-0.15, -0.1) is 0 Å². The molecule has 1 aromatic heterocycles. The highest BCUT2D eigenvalue weighted by Gasteiger charge is 2.39. The molecular weight excluding hydrogens is 278 g/mol. The molecule has 0 saturated carbocycles. The molecule has 1 aliphatic heterocycles. The van der Waals surface area contributed by atoms with Gasteiger partial charge in [0.25, 0.3) is 0 Å². The van der Waals surface area contributed by atoms with Crippen molar-refractivity contribution in [3.8, 4) is 5.75 Å². The maximum Gasteiger partial charge on any atom is 0.120 e. The van der Waals surface area contributed by atoms with Crippen LogP contribution in [0.1, 0.15) is 17.8 Å². The number of nitrogens with one attached hydrogen (secondary N) is 1. The lowest BCUT2D eigenvalue weighted by Gasteiger charge is -2.28. The number of aryl methyl sites for hydroxylation is 1. The normalized spacial score (nSPS) is 22.1. The number of hydrogen-bond acceptors (Lipinski definition) is 4. The molecule has 1 atom stereocenters. The van der Waals surface area contributed by atoms with E-state index in [1.807, 2.05) is 18.3 Å². The van der Waals surface area contributed by atoms with Gasteiger partial charge in [0.2, 0.25) is 0 Å². The summed E-state index contributed by atoms with van der Waals surface area (Å²) in [4.78, 5) is 9.79. The second kappa shape index (κ2) is 6.50. The molecule has 2 heterocycles. The summed E-state index contributed by atoms with van der Waals surface area (Å²) < 4.78 is 11.8. The third kappa shape index (κ3) is 3.48. The van der Waals surface area contributed by atoms with Gasteiger partial charge >= 0.3 is 0 Å². The number of hydrogen-bond donors (Lipinski definition) is 1. The number of aromatic amines is 1. The highest BCUT2D eigenvalue weighted by Crippen LogP contribution is 2.27. The summed E-state index contributed by atoms with van der Waals surface area (Å²) in [5.41, 5.74) is 0.964. The average molecular weight is 301 g/mol. The number of imidazole rings is 1. The summed E-state index contributed by atoms with van der Waals surface area (Å²) in [5, 5.41) is 0. The number of benzene rings is 1. The summed E-state index contributed by atoms with van der Waals surface area (Å²) in [6.07, 6.45) is 4.61. The monoisotopic (exact) mass is 301 g/mol. The Hall–Kier alpha value is -1.85. The minimum atomic E-state index is -0.240. The van der Waals surface area contributed by atoms with Gasteiger partial charge < -0.3 is 14.5 Å². The third-order valence-electron chi connectivity index (χ3n) is 4.25. The third-order valence-corrected chi connectivity index (χ3v) is 4.25. The molecule has 5 heteroatoms. The number of likely N-dealkylation sites (tertiary alicyclic amines) is 1. The average Bonchev–Trinajstić information content (AvgIpc) is 3.16. The van der Waals surface area contributed by atoms with E-state index in [1.54, 1.807) is 13.3 Å². The number of H-pyrrole nitrogens is 1. The van der Waals surface area contributed by atoms with Crippen LogP contribution in [0.3, 0.4) is 0 Å². The highest BCUT2D eigenvalue weighted by molar-refractivity contribution is 5.27. The first-order chi connectivity index (χ1) is 10.7. The maximum absolute atomic E-state index is 5.97. The first kappa shape index (κ1) is 15.1. The van der Waals surface area contributed by atoms with E-state index in [-0.39, 0.29) is 5.60 Å². The lowest BCUT2D eigenvalue weighted by atomic mass is 10.0. The second-order valence-corrected chi connectivity index (χ2v) is 5.99. The van der Waals surface area contributed by atoms with Crippen LogP contribution in [0, 0.1) is 6.92 Å². The van der Waals surface area contributed by atoms with Crippen LogP contribution in [0.2, 0.25) is 0 Å². The molecule has 0 aliphatic carbocycles. The lowest BCUT2D eigenvalue weighted by molar-refractivity contribution is -0.0360. The Bertz CT molecular complexity index is 600. The van der Waals surface area contributed by atoms with Gasteiger partial charge in [-0.25, -0.2) is 4.98 Å². The van der Waals surface area contributed by atoms with Crippen LogP contribution in [0.25, 0.3) is 0 Å². The van der Waals surface area contributed by atoms with E-state index in [0.717, 1.165) is 37.6 Å². The van der Waals surface area contributed by atoms with Crippen molar-refractivity contribution in [2.24, 2.45) is 0 Å². The Labute approximate surface area is 131 Å². The number of rotatable bonds is 6. The van der Waals surface area contributed by atoms with Crippen molar-refractivity contribution in [2.45, 2.75) is 25.5 Å². The van der Waals surface area contributed by atoms with Crippen molar-refractivity contribution in [1.82, 2.24) is 14.9 Å². The second-order valence-electron chi connectivity index (χ2n) is 5.99. The van der Waals surface area contributed by atoms with Crippen LogP contribution >= 0.6 is 0 Å². The highest BCUT2D eigenvalue weighted by atomic mass is 16.5. The molecule has 1 N–H and O–H groups in total. The van der Waals surface area contributed by atoms with Crippen molar-refractivity contribution in [1.29, 1.82) is 0 Å². The van der Waals surface area contributed by atoms with Crippen LogP contribution in [-0.2, 0) is 11.3 Å². The summed E-state index contributed by atoms with van der Waals surface area (Å²) in [7, 11) is 1.77. The molecule has 2 aromatic rings. The smallest absolute Gasteiger partial charge is 0.120 e. The Balaban J connectivity index is 1.58. The molecule has 0 unspecified atom stereocenters. The fraction of sp³-hybridized carbons (Fsp3) is 0.471. The van der Waals surface area contributed by atoms with Crippen LogP contribution in [-0.4, -0.2) is 47.3 Å². The van der Waals surface area contributed by atoms with E-state index in [9.17, 15) is 0 Å². The molecular formula is C17H23N3O2. The fourth-order valence-electron chi connectivity index (χ4n) is 2.92. The largest absolute Gasteiger partial charge is 0.491 e. The molecule has 1 aliphatic rings. The molecule has 1 saturated heterocycles. The Kier molecular flexibility index (Phi) is 4.45. The van der Waals surface area contributed by atoms with Gasteiger partial charge in [-0.2, -0.15) is 0 Å².